The fraction of sp³-hybridized carbons (Fsp3) is 0.125. The van der Waals surface area contributed by atoms with Crippen molar-refractivity contribution >= 4 is 17.5 Å². The molecule has 3 N–H and O–H groups in total. The number of hydrogen-bond donors (Lipinski definition) is 2. The Morgan fingerprint density at radius 3 is 2.39 bits per heavy atom. The Bertz CT molecular complexity index is 759. The third-order valence-corrected chi connectivity index (χ3v) is 3.36. The molecule has 0 aliphatic rings. The molecule has 23 heavy (non-hydrogen) atoms. The summed E-state index contributed by atoms with van der Waals surface area (Å²) in [6.45, 7) is 1.58. The predicted octanol–water partition coefficient (Wildman–Crippen LogP) is 1.86. The summed E-state index contributed by atoms with van der Waals surface area (Å²) in [6, 6.07) is 11.6. The Hall–Kier alpha value is -3.22. The Kier molecular flexibility index (Phi) is 4.70. The van der Waals surface area contributed by atoms with E-state index in [0.717, 1.165) is 0 Å². The molecule has 0 aromatic heterocycles. The molecule has 0 aliphatic heterocycles. The van der Waals surface area contributed by atoms with E-state index in [1.165, 1.54) is 18.2 Å². The van der Waals surface area contributed by atoms with Crippen LogP contribution in [0.2, 0.25) is 0 Å². The minimum Gasteiger partial charge on any atom is -0.368 e. The lowest BCUT2D eigenvalue weighted by Gasteiger charge is -2.16. The zero-order valence-corrected chi connectivity index (χ0v) is 12.4. The highest BCUT2D eigenvalue weighted by Crippen LogP contribution is 2.20. The van der Waals surface area contributed by atoms with E-state index in [0.29, 0.717) is 11.1 Å². The van der Waals surface area contributed by atoms with Crippen LogP contribution in [0, 0.1) is 17.0 Å². The summed E-state index contributed by atoms with van der Waals surface area (Å²) in [5.74, 6) is -1.33. The highest BCUT2D eigenvalue weighted by atomic mass is 16.6. The van der Waals surface area contributed by atoms with Crippen LogP contribution >= 0.6 is 0 Å². The maximum atomic E-state index is 12.3. The van der Waals surface area contributed by atoms with Crippen LogP contribution in [0.15, 0.2) is 48.5 Å². The van der Waals surface area contributed by atoms with E-state index in [-0.39, 0.29) is 11.3 Å². The standard InChI is InChI=1S/C16H15N3O4/c1-10-7-8-12(9-13(10)19(22)23)16(21)18-14(15(17)20)11-5-3-2-4-6-11/h2-9,14H,1H3,(H2,17,20)(H,18,21). The normalized spacial score (nSPS) is 11.5. The quantitative estimate of drug-likeness (QED) is 0.647. The first-order valence-corrected chi connectivity index (χ1v) is 6.80. The van der Waals surface area contributed by atoms with Crippen LogP contribution in [-0.2, 0) is 4.79 Å². The van der Waals surface area contributed by atoms with Gasteiger partial charge in [-0.25, -0.2) is 0 Å². The number of nitrogens with two attached hydrogens (primary N) is 1. The molecule has 2 aromatic carbocycles. The van der Waals surface area contributed by atoms with Gasteiger partial charge in [0.1, 0.15) is 6.04 Å². The summed E-state index contributed by atoms with van der Waals surface area (Å²) in [5.41, 5.74) is 6.25. The number of carbonyl (C=O) groups is 2. The molecule has 0 radical (unpaired) electrons. The fourth-order valence-corrected chi connectivity index (χ4v) is 2.13. The maximum absolute atomic E-state index is 12.3. The number of nitrogens with one attached hydrogen (secondary N) is 1. The van der Waals surface area contributed by atoms with Crippen molar-refractivity contribution in [2.45, 2.75) is 13.0 Å². The lowest BCUT2D eigenvalue weighted by molar-refractivity contribution is -0.385. The number of nitro benzene ring substituents is 1. The second kappa shape index (κ2) is 6.69. The smallest absolute Gasteiger partial charge is 0.273 e. The number of rotatable bonds is 5. The SMILES string of the molecule is Cc1ccc(C(=O)NC(C(N)=O)c2ccccc2)cc1[N+](=O)[O-]. The first kappa shape index (κ1) is 16.2. The average molecular weight is 313 g/mol. The van der Waals surface area contributed by atoms with Gasteiger partial charge in [-0.05, 0) is 18.6 Å². The molecule has 2 amide bonds. The summed E-state index contributed by atoms with van der Waals surface area (Å²) in [7, 11) is 0. The second-order valence-corrected chi connectivity index (χ2v) is 4.98. The lowest BCUT2D eigenvalue weighted by atomic mass is 10.0. The van der Waals surface area contributed by atoms with Crippen LogP contribution in [0.3, 0.4) is 0 Å². The van der Waals surface area contributed by atoms with Crippen molar-refractivity contribution in [1.82, 2.24) is 5.32 Å². The molecule has 0 bridgehead atoms. The molecule has 1 atom stereocenters. The molecule has 2 aromatic rings. The van der Waals surface area contributed by atoms with Crippen LogP contribution in [0.4, 0.5) is 5.69 Å². The van der Waals surface area contributed by atoms with E-state index < -0.39 is 22.8 Å². The first-order chi connectivity index (χ1) is 10.9. The van der Waals surface area contributed by atoms with Crippen molar-refractivity contribution in [1.29, 1.82) is 0 Å². The molecule has 0 fully saturated rings. The largest absolute Gasteiger partial charge is 0.368 e. The van der Waals surface area contributed by atoms with E-state index in [9.17, 15) is 19.7 Å². The molecule has 7 heteroatoms. The number of carbonyl (C=O) groups excluding carboxylic acids is 2. The summed E-state index contributed by atoms with van der Waals surface area (Å²) in [5, 5.41) is 13.4. The molecule has 0 heterocycles. The van der Waals surface area contributed by atoms with Crippen molar-refractivity contribution < 1.29 is 14.5 Å². The Labute approximate surface area is 132 Å². The molecule has 0 saturated carbocycles. The van der Waals surface area contributed by atoms with Gasteiger partial charge in [0.2, 0.25) is 5.91 Å². The Balaban J connectivity index is 2.28. The topological polar surface area (TPSA) is 115 Å². The van der Waals surface area contributed by atoms with Crippen LogP contribution in [0.5, 0.6) is 0 Å². The maximum Gasteiger partial charge on any atom is 0.273 e. The van der Waals surface area contributed by atoms with E-state index in [1.54, 1.807) is 37.3 Å². The number of nitro groups is 1. The minimum atomic E-state index is -1.01. The molecule has 118 valence electrons. The van der Waals surface area contributed by atoms with Crippen molar-refractivity contribution in [2.75, 3.05) is 0 Å². The highest BCUT2D eigenvalue weighted by molar-refractivity contribution is 5.98. The van der Waals surface area contributed by atoms with E-state index in [1.807, 2.05) is 0 Å². The minimum absolute atomic E-state index is 0.0875. The average Bonchev–Trinajstić information content (AvgIpc) is 2.53. The van der Waals surface area contributed by atoms with Gasteiger partial charge in [0.05, 0.1) is 4.92 Å². The molecule has 2 rings (SSSR count). The Morgan fingerprint density at radius 2 is 1.83 bits per heavy atom. The van der Waals surface area contributed by atoms with Gasteiger partial charge in [-0.2, -0.15) is 0 Å². The zero-order chi connectivity index (χ0) is 17.0. The summed E-state index contributed by atoms with van der Waals surface area (Å²) in [6.07, 6.45) is 0. The first-order valence-electron chi connectivity index (χ1n) is 6.80. The van der Waals surface area contributed by atoms with Crippen molar-refractivity contribution in [2.24, 2.45) is 5.73 Å². The van der Waals surface area contributed by atoms with Crippen LogP contribution in [0.25, 0.3) is 0 Å². The number of benzene rings is 2. The highest BCUT2D eigenvalue weighted by Gasteiger charge is 2.22. The molecular weight excluding hydrogens is 298 g/mol. The zero-order valence-electron chi connectivity index (χ0n) is 12.4. The third-order valence-electron chi connectivity index (χ3n) is 3.36. The van der Waals surface area contributed by atoms with E-state index in [2.05, 4.69) is 5.32 Å². The summed E-state index contributed by atoms with van der Waals surface area (Å²) < 4.78 is 0. The van der Waals surface area contributed by atoms with Gasteiger partial charge in [-0.15, -0.1) is 0 Å². The Morgan fingerprint density at radius 1 is 1.17 bits per heavy atom. The van der Waals surface area contributed by atoms with Crippen molar-refractivity contribution in [3.63, 3.8) is 0 Å². The predicted molar refractivity (Wildman–Crippen MR) is 83.7 cm³/mol. The monoisotopic (exact) mass is 313 g/mol. The van der Waals surface area contributed by atoms with Gasteiger partial charge >= 0.3 is 0 Å². The van der Waals surface area contributed by atoms with Gasteiger partial charge in [-0.1, -0.05) is 36.4 Å². The third kappa shape index (κ3) is 3.70. The fourth-order valence-electron chi connectivity index (χ4n) is 2.13. The summed E-state index contributed by atoms with van der Waals surface area (Å²) >= 11 is 0. The number of aryl methyl sites for hydroxylation is 1. The van der Waals surface area contributed by atoms with Gasteiger partial charge in [0.15, 0.2) is 0 Å². The number of hydrogen-bond acceptors (Lipinski definition) is 4. The number of amides is 2. The number of nitrogens with zero attached hydrogens (tertiary/aromatic N) is 1. The van der Waals surface area contributed by atoms with Crippen LogP contribution in [0.1, 0.15) is 27.5 Å². The van der Waals surface area contributed by atoms with E-state index in [4.69, 9.17) is 5.73 Å². The van der Waals surface area contributed by atoms with Crippen LogP contribution < -0.4 is 11.1 Å². The molecule has 0 aliphatic carbocycles. The molecule has 0 spiro atoms. The molecular formula is C16H15N3O4. The molecule has 1 unspecified atom stereocenters. The lowest BCUT2D eigenvalue weighted by Crippen LogP contribution is -2.37. The van der Waals surface area contributed by atoms with Crippen LogP contribution in [-0.4, -0.2) is 16.7 Å². The van der Waals surface area contributed by atoms with Gasteiger partial charge in [-0.3, -0.25) is 19.7 Å². The summed E-state index contributed by atoms with van der Waals surface area (Å²) in [4.78, 5) is 34.3. The van der Waals surface area contributed by atoms with Crippen molar-refractivity contribution in [3.8, 4) is 0 Å². The number of primary amides is 1. The van der Waals surface area contributed by atoms with Crippen molar-refractivity contribution in [3.05, 3.63) is 75.3 Å². The van der Waals surface area contributed by atoms with Gasteiger partial charge < -0.3 is 11.1 Å². The molecule has 0 saturated heterocycles. The van der Waals surface area contributed by atoms with Gasteiger partial charge in [0, 0.05) is 17.2 Å². The second-order valence-electron chi connectivity index (χ2n) is 4.98. The molecule has 7 nitrogen and oxygen atoms in total. The van der Waals surface area contributed by atoms with E-state index >= 15 is 0 Å². The van der Waals surface area contributed by atoms with Gasteiger partial charge in [0.25, 0.3) is 11.6 Å².